The van der Waals surface area contributed by atoms with Gasteiger partial charge in [-0.25, -0.2) is 0 Å². The minimum Gasteiger partial charge on any atom is -0.396 e. The molecule has 0 heterocycles. The number of amides is 1. The van der Waals surface area contributed by atoms with E-state index in [9.17, 15) is 4.79 Å². The number of aliphatic hydroxyl groups is 1. The molecule has 1 unspecified atom stereocenters. The average Bonchev–Trinajstić information content (AvgIpc) is 2.32. The van der Waals surface area contributed by atoms with Crippen LogP contribution in [0.3, 0.4) is 0 Å². The van der Waals surface area contributed by atoms with Crippen LogP contribution in [0, 0.1) is 11.8 Å². The molecule has 1 saturated carbocycles. The Morgan fingerprint density at radius 3 is 2.65 bits per heavy atom. The molecule has 1 rings (SSSR count). The van der Waals surface area contributed by atoms with E-state index in [1.165, 1.54) is 12.8 Å². The molecule has 1 atom stereocenters. The van der Waals surface area contributed by atoms with Gasteiger partial charge in [0.25, 0.3) is 0 Å². The highest BCUT2D eigenvalue weighted by molar-refractivity contribution is 7.99. The number of thioether (sulfide) groups is 1. The monoisotopic (exact) mass is 259 g/mol. The maximum Gasteiger partial charge on any atom is 0.230 e. The van der Waals surface area contributed by atoms with E-state index in [0.29, 0.717) is 11.8 Å². The molecule has 1 aliphatic rings. The maximum atomic E-state index is 11.7. The van der Waals surface area contributed by atoms with Crippen LogP contribution in [0.15, 0.2) is 0 Å². The third kappa shape index (κ3) is 6.32. The summed E-state index contributed by atoms with van der Waals surface area (Å²) < 4.78 is 0. The van der Waals surface area contributed by atoms with Gasteiger partial charge in [-0.2, -0.15) is 11.8 Å². The Morgan fingerprint density at radius 1 is 1.41 bits per heavy atom. The van der Waals surface area contributed by atoms with Crippen LogP contribution in [0.4, 0.5) is 0 Å². The third-order valence-corrected chi connectivity index (χ3v) is 4.60. The molecule has 1 fully saturated rings. The first kappa shape index (κ1) is 14.8. The first-order valence-electron chi connectivity index (χ1n) is 6.59. The lowest BCUT2D eigenvalue weighted by Gasteiger charge is -2.26. The predicted octanol–water partition coefficient (Wildman–Crippen LogP) is 2.04. The summed E-state index contributed by atoms with van der Waals surface area (Å²) in [5.41, 5.74) is 0. The zero-order valence-corrected chi connectivity index (χ0v) is 11.8. The van der Waals surface area contributed by atoms with Crippen molar-refractivity contribution in [3.63, 3.8) is 0 Å². The molecule has 0 aromatic heterocycles. The van der Waals surface area contributed by atoms with Crippen molar-refractivity contribution in [2.75, 3.05) is 18.1 Å². The van der Waals surface area contributed by atoms with Crippen molar-refractivity contribution < 1.29 is 9.90 Å². The number of nitrogens with one attached hydrogen (secondary N) is 1. The molecule has 1 amide bonds. The molecule has 0 aromatic carbocycles. The molecule has 0 spiro atoms. The predicted molar refractivity (Wildman–Crippen MR) is 73.1 cm³/mol. The number of carbonyl (C=O) groups excluding carboxylic acids is 1. The number of hydrogen-bond acceptors (Lipinski definition) is 3. The largest absolute Gasteiger partial charge is 0.396 e. The second-order valence-electron chi connectivity index (χ2n) is 5.33. The standard InChI is InChI=1S/C13H25NO2S/c1-10-3-5-12(6-4-10)14-13(16)9-17-8-11(2)7-15/h10-12,15H,3-9H2,1-2H3,(H,14,16). The van der Waals surface area contributed by atoms with Crippen LogP contribution in [-0.4, -0.2) is 35.2 Å². The summed E-state index contributed by atoms with van der Waals surface area (Å²) in [6.45, 7) is 4.48. The maximum absolute atomic E-state index is 11.7. The van der Waals surface area contributed by atoms with Crippen LogP contribution in [-0.2, 0) is 4.79 Å². The van der Waals surface area contributed by atoms with Crippen molar-refractivity contribution in [3.8, 4) is 0 Å². The van der Waals surface area contributed by atoms with Gasteiger partial charge >= 0.3 is 0 Å². The van der Waals surface area contributed by atoms with Gasteiger partial charge < -0.3 is 10.4 Å². The van der Waals surface area contributed by atoms with Crippen molar-refractivity contribution >= 4 is 17.7 Å². The van der Waals surface area contributed by atoms with E-state index in [-0.39, 0.29) is 18.4 Å². The van der Waals surface area contributed by atoms with Crippen LogP contribution in [0.2, 0.25) is 0 Å². The Morgan fingerprint density at radius 2 is 2.06 bits per heavy atom. The van der Waals surface area contributed by atoms with E-state index in [2.05, 4.69) is 12.2 Å². The fourth-order valence-corrected chi connectivity index (χ4v) is 2.97. The van der Waals surface area contributed by atoms with Gasteiger partial charge in [-0.3, -0.25) is 4.79 Å². The van der Waals surface area contributed by atoms with Gasteiger partial charge in [-0.05, 0) is 43.3 Å². The number of aliphatic hydroxyl groups excluding tert-OH is 1. The van der Waals surface area contributed by atoms with E-state index < -0.39 is 0 Å². The molecule has 0 radical (unpaired) electrons. The van der Waals surface area contributed by atoms with Crippen molar-refractivity contribution in [1.29, 1.82) is 0 Å². The lowest BCUT2D eigenvalue weighted by molar-refractivity contribution is -0.119. The minimum absolute atomic E-state index is 0.152. The van der Waals surface area contributed by atoms with Gasteiger partial charge in [-0.15, -0.1) is 0 Å². The van der Waals surface area contributed by atoms with Gasteiger partial charge in [0.15, 0.2) is 0 Å². The molecule has 4 heteroatoms. The topological polar surface area (TPSA) is 49.3 Å². The van der Waals surface area contributed by atoms with E-state index in [4.69, 9.17) is 5.11 Å². The molecule has 0 saturated heterocycles. The summed E-state index contributed by atoms with van der Waals surface area (Å²) in [7, 11) is 0. The molecular formula is C13H25NO2S. The summed E-state index contributed by atoms with van der Waals surface area (Å²) in [6, 6.07) is 0.398. The Bertz CT molecular complexity index is 227. The highest BCUT2D eigenvalue weighted by atomic mass is 32.2. The molecule has 3 nitrogen and oxygen atoms in total. The van der Waals surface area contributed by atoms with Crippen LogP contribution in [0.25, 0.3) is 0 Å². The SMILES string of the molecule is CC1CCC(NC(=O)CSCC(C)CO)CC1. The summed E-state index contributed by atoms with van der Waals surface area (Å²) >= 11 is 1.61. The van der Waals surface area contributed by atoms with Gasteiger partial charge in [0.2, 0.25) is 5.91 Å². The van der Waals surface area contributed by atoms with E-state index in [0.717, 1.165) is 24.5 Å². The average molecular weight is 259 g/mol. The fraction of sp³-hybridized carbons (Fsp3) is 0.923. The van der Waals surface area contributed by atoms with Crippen LogP contribution in [0.5, 0.6) is 0 Å². The number of hydrogen-bond donors (Lipinski definition) is 2. The minimum atomic E-state index is 0.152. The van der Waals surface area contributed by atoms with E-state index in [1.54, 1.807) is 11.8 Å². The van der Waals surface area contributed by atoms with Crippen molar-refractivity contribution in [2.45, 2.75) is 45.6 Å². The summed E-state index contributed by atoms with van der Waals surface area (Å²) in [5, 5.41) is 12.0. The third-order valence-electron chi connectivity index (χ3n) is 3.33. The van der Waals surface area contributed by atoms with E-state index in [1.807, 2.05) is 6.92 Å². The quantitative estimate of drug-likeness (QED) is 0.767. The molecule has 2 N–H and O–H groups in total. The van der Waals surface area contributed by atoms with Crippen molar-refractivity contribution in [1.82, 2.24) is 5.32 Å². The molecule has 100 valence electrons. The summed E-state index contributed by atoms with van der Waals surface area (Å²) in [5.74, 6) is 2.63. The molecule has 0 aromatic rings. The Kier molecular flexibility index (Phi) is 6.97. The molecule has 17 heavy (non-hydrogen) atoms. The molecule has 0 aliphatic heterocycles. The van der Waals surface area contributed by atoms with Crippen molar-refractivity contribution in [2.24, 2.45) is 11.8 Å². The Labute approximate surface area is 109 Å². The second-order valence-corrected chi connectivity index (χ2v) is 6.36. The molecule has 0 bridgehead atoms. The number of rotatable bonds is 6. The lowest BCUT2D eigenvalue weighted by Crippen LogP contribution is -2.38. The van der Waals surface area contributed by atoms with Gasteiger partial charge in [0.1, 0.15) is 0 Å². The van der Waals surface area contributed by atoms with Crippen LogP contribution in [0.1, 0.15) is 39.5 Å². The summed E-state index contributed by atoms with van der Waals surface area (Å²) in [6.07, 6.45) is 4.73. The first-order chi connectivity index (χ1) is 8.11. The second kappa shape index (κ2) is 7.98. The molecule has 1 aliphatic carbocycles. The Balaban J connectivity index is 2.08. The normalized spacial score (nSPS) is 26.5. The summed E-state index contributed by atoms with van der Waals surface area (Å²) in [4.78, 5) is 11.7. The van der Waals surface area contributed by atoms with E-state index >= 15 is 0 Å². The first-order valence-corrected chi connectivity index (χ1v) is 7.75. The van der Waals surface area contributed by atoms with Gasteiger partial charge in [-0.1, -0.05) is 13.8 Å². The number of carbonyl (C=O) groups is 1. The van der Waals surface area contributed by atoms with Gasteiger partial charge in [0, 0.05) is 12.6 Å². The smallest absolute Gasteiger partial charge is 0.230 e. The lowest BCUT2D eigenvalue weighted by atomic mass is 9.87. The van der Waals surface area contributed by atoms with Gasteiger partial charge in [0.05, 0.1) is 5.75 Å². The zero-order chi connectivity index (χ0) is 12.7. The fourth-order valence-electron chi connectivity index (χ4n) is 2.08. The van der Waals surface area contributed by atoms with Crippen LogP contribution >= 0.6 is 11.8 Å². The van der Waals surface area contributed by atoms with Crippen molar-refractivity contribution in [3.05, 3.63) is 0 Å². The highest BCUT2D eigenvalue weighted by Crippen LogP contribution is 2.23. The molecular weight excluding hydrogens is 234 g/mol. The highest BCUT2D eigenvalue weighted by Gasteiger charge is 2.19. The van der Waals surface area contributed by atoms with Crippen LogP contribution < -0.4 is 5.32 Å². The Hall–Kier alpha value is -0.220. The zero-order valence-electron chi connectivity index (χ0n) is 10.9.